The van der Waals surface area contributed by atoms with Crippen LogP contribution in [-0.2, 0) is 17.7 Å². The topological polar surface area (TPSA) is 71.1 Å². The SMILES string of the molecule is COCCNCc1ccc(-c2cc3nccc(Cc4ccc(NC(=S)NC5CC5)cc4F)c3s2)nc1. The Morgan fingerprint density at radius 1 is 1.14 bits per heavy atom. The van der Waals surface area contributed by atoms with Crippen LogP contribution in [-0.4, -0.2) is 41.4 Å². The number of nitrogens with zero attached hydrogens (tertiary/aromatic N) is 2. The summed E-state index contributed by atoms with van der Waals surface area (Å²) in [6.45, 7) is 2.23. The number of aromatic nitrogens is 2. The fourth-order valence-electron chi connectivity index (χ4n) is 3.89. The smallest absolute Gasteiger partial charge is 0.170 e. The summed E-state index contributed by atoms with van der Waals surface area (Å²) in [6.07, 6.45) is 6.43. The van der Waals surface area contributed by atoms with Gasteiger partial charge in [0.05, 0.1) is 27.4 Å². The minimum absolute atomic E-state index is 0.257. The number of thiocarbonyl (C=S) groups is 1. The maximum absolute atomic E-state index is 15.0. The van der Waals surface area contributed by atoms with Crippen LogP contribution < -0.4 is 16.0 Å². The molecule has 5 rings (SSSR count). The first-order chi connectivity index (χ1) is 17.6. The van der Waals surface area contributed by atoms with E-state index in [2.05, 4.69) is 38.1 Å². The van der Waals surface area contributed by atoms with Gasteiger partial charge in [0, 0.05) is 50.7 Å². The lowest BCUT2D eigenvalue weighted by atomic mass is 10.0. The first-order valence-electron chi connectivity index (χ1n) is 12.0. The number of anilines is 1. The van der Waals surface area contributed by atoms with E-state index in [9.17, 15) is 4.39 Å². The molecule has 0 aliphatic heterocycles. The minimum atomic E-state index is -0.257. The van der Waals surface area contributed by atoms with Gasteiger partial charge in [-0.15, -0.1) is 11.3 Å². The van der Waals surface area contributed by atoms with E-state index < -0.39 is 0 Å². The van der Waals surface area contributed by atoms with Crippen LogP contribution in [0.15, 0.2) is 54.9 Å². The lowest BCUT2D eigenvalue weighted by Gasteiger charge is -2.11. The Bertz CT molecular complexity index is 1350. The predicted molar refractivity (Wildman–Crippen MR) is 148 cm³/mol. The zero-order valence-electron chi connectivity index (χ0n) is 20.0. The Morgan fingerprint density at radius 2 is 2.03 bits per heavy atom. The maximum atomic E-state index is 15.0. The fourth-order valence-corrected chi connectivity index (χ4v) is 5.28. The van der Waals surface area contributed by atoms with Gasteiger partial charge in [0.1, 0.15) is 5.82 Å². The molecular formula is C27H28FN5OS2. The minimum Gasteiger partial charge on any atom is -0.383 e. The number of methoxy groups -OCH3 is 1. The van der Waals surface area contributed by atoms with Crippen LogP contribution in [0.4, 0.5) is 10.1 Å². The van der Waals surface area contributed by atoms with E-state index in [-0.39, 0.29) is 5.82 Å². The number of fused-ring (bicyclic) bond motifs is 1. The summed E-state index contributed by atoms with van der Waals surface area (Å²) in [5.41, 5.74) is 5.24. The van der Waals surface area contributed by atoms with E-state index in [1.165, 1.54) is 6.07 Å². The molecule has 1 fully saturated rings. The molecule has 9 heteroatoms. The second kappa shape index (κ2) is 11.4. The molecule has 0 spiro atoms. The number of ether oxygens (including phenoxy) is 1. The summed E-state index contributed by atoms with van der Waals surface area (Å²) in [5, 5.41) is 10.1. The highest BCUT2D eigenvalue weighted by molar-refractivity contribution is 7.80. The quantitative estimate of drug-likeness (QED) is 0.194. The molecule has 1 saturated carbocycles. The van der Waals surface area contributed by atoms with Crippen LogP contribution in [0.1, 0.15) is 29.5 Å². The molecular weight excluding hydrogens is 493 g/mol. The lowest BCUT2D eigenvalue weighted by Crippen LogP contribution is -2.30. The number of halogens is 1. The van der Waals surface area contributed by atoms with Crippen molar-refractivity contribution in [2.24, 2.45) is 0 Å². The Morgan fingerprint density at radius 3 is 2.78 bits per heavy atom. The number of rotatable bonds is 10. The van der Waals surface area contributed by atoms with Gasteiger partial charge in [0.2, 0.25) is 0 Å². The molecule has 3 heterocycles. The van der Waals surface area contributed by atoms with Gasteiger partial charge in [-0.2, -0.15) is 0 Å². The van der Waals surface area contributed by atoms with Crippen molar-refractivity contribution in [1.82, 2.24) is 20.6 Å². The molecule has 4 aromatic rings. The largest absolute Gasteiger partial charge is 0.383 e. The zero-order valence-corrected chi connectivity index (χ0v) is 21.6. The van der Waals surface area contributed by atoms with Gasteiger partial charge in [0.15, 0.2) is 5.11 Å². The van der Waals surface area contributed by atoms with Gasteiger partial charge in [-0.1, -0.05) is 12.1 Å². The Balaban J connectivity index is 1.29. The molecule has 1 aliphatic rings. The summed E-state index contributed by atoms with van der Waals surface area (Å²) in [6, 6.07) is 13.8. The van der Waals surface area contributed by atoms with E-state index in [0.29, 0.717) is 35.4 Å². The normalized spacial score (nSPS) is 13.2. The van der Waals surface area contributed by atoms with E-state index in [0.717, 1.165) is 57.8 Å². The van der Waals surface area contributed by atoms with Crippen LogP contribution in [0.2, 0.25) is 0 Å². The van der Waals surface area contributed by atoms with Crippen molar-refractivity contribution < 1.29 is 9.13 Å². The van der Waals surface area contributed by atoms with Crippen molar-refractivity contribution in [2.45, 2.75) is 31.8 Å². The number of pyridine rings is 2. The van der Waals surface area contributed by atoms with Gasteiger partial charge in [0.25, 0.3) is 0 Å². The van der Waals surface area contributed by atoms with Gasteiger partial charge < -0.3 is 20.7 Å². The number of benzene rings is 1. The molecule has 0 bridgehead atoms. The van der Waals surface area contributed by atoms with Crippen LogP contribution in [0, 0.1) is 5.82 Å². The van der Waals surface area contributed by atoms with Crippen molar-refractivity contribution in [3.63, 3.8) is 0 Å². The highest BCUT2D eigenvalue weighted by Crippen LogP contribution is 2.34. The molecule has 0 amide bonds. The molecule has 0 saturated heterocycles. The first-order valence-corrected chi connectivity index (χ1v) is 13.2. The average molecular weight is 522 g/mol. The molecule has 1 aliphatic carbocycles. The Labute approximate surface area is 219 Å². The summed E-state index contributed by atoms with van der Waals surface area (Å²) in [5.74, 6) is -0.257. The zero-order chi connectivity index (χ0) is 24.9. The van der Waals surface area contributed by atoms with Crippen molar-refractivity contribution in [1.29, 1.82) is 0 Å². The van der Waals surface area contributed by atoms with Crippen LogP contribution >= 0.6 is 23.6 Å². The molecule has 3 N–H and O–H groups in total. The third kappa shape index (κ3) is 6.22. The lowest BCUT2D eigenvalue weighted by molar-refractivity contribution is 0.199. The molecule has 186 valence electrons. The van der Waals surface area contributed by atoms with Crippen molar-refractivity contribution >= 4 is 44.6 Å². The summed E-state index contributed by atoms with van der Waals surface area (Å²) >= 11 is 6.94. The second-order valence-corrected chi connectivity index (χ2v) is 10.3. The molecule has 0 unspecified atom stereocenters. The molecule has 6 nitrogen and oxygen atoms in total. The Hall–Kier alpha value is -2.98. The Kier molecular flexibility index (Phi) is 7.81. The van der Waals surface area contributed by atoms with Crippen molar-refractivity contribution in [3.05, 3.63) is 77.4 Å². The average Bonchev–Trinajstić information content (AvgIpc) is 3.57. The maximum Gasteiger partial charge on any atom is 0.170 e. The number of hydrogen-bond acceptors (Lipinski definition) is 6. The van der Waals surface area contributed by atoms with E-state index in [1.807, 2.05) is 30.5 Å². The third-order valence-corrected chi connectivity index (χ3v) is 7.43. The summed E-state index contributed by atoms with van der Waals surface area (Å²) in [7, 11) is 1.69. The van der Waals surface area contributed by atoms with E-state index in [1.54, 1.807) is 24.6 Å². The van der Waals surface area contributed by atoms with Crippen LogP contribution in [0.25, 0.3) is 20.8 Å². The third-order valence-electron chi connectivity index (χ3n) is 5.99. The van der Waals surface area contributed by atoms with Crippen molar-refractivity contribution in [2.75, 3.05) is 25.6 Å². The van der Waals surface area contributed by atoms with Gasteiger partial charge in [-0.05, 0) is 72.1 Å². The van der Waals surface area contributed by atoms with Crippen LogP contribution in [0.5, 0.6) is 0 Å². The van der Waals surface area contributed by atoms with E-state index >= 15 is 0 Å². The van der Waals surface area contributed by atoms with Crippen molar-refractivity contribution in [3.8, 4) is 10.6 Å². The molecule has 0 atom stereocenters. The molecule has 36 heavy (non-hydrogen) atoms. The standard InChI is InChI=1S/C27H28FN5OS2/c1-34-11-10-29-15-17-2-7-23(31-16-17)25-14-24-26(36-25)19(8-9-30-24)12-18-3-4-21(13-22(18)28)33-27(35)32-20-5-6-20/h2-4,7-9,13-14,16,20,29H,5-6,10-12,15H2,1H3,(H2,32,33,35). The molecule has 3 aromatic heterocycles. The predicted octanol–water partition coefficient (Wildman–Crippen LogP) is 5.27. The number of thiophene rings is 1. The van der Waals surface area contributed by atoms with Crippen LogP contribution in [0.3, 0.4) is 0 Å². The van der Waals surface area contributed by atoms with Gasteiger partial charge in [-0.3, -0.25) is 9.97 Å². The second-order valence-electron chi connectivity index (χ2n) is 8.87. The van der Waals surface area contributed by atoms with E-state index in [4.69, 9.17) is 17.0 Å². The molecule has 0 radical (unpaired) electrons. The van der Waals surface area contributed by atoms with Gasteiger partial charge >= 0.3 is 0 Å². The monoisotopic (exact) mass is 521 g/mol. The fraction of sp³-hybridized carbons (Fsp3) is 0.296. The van der Waals surface area contributed by atoms with Gasteiger partial charge in [-0.25, -0.2) is 4.39 Å². The number of nitrogens with one attached hydrogen (secondary N) is 3. The number of hydrogen-bond donors (Lipinski definition) is 3. The molecule has 1 aromatic carbocycles. The summed E-state index contributed by atoms with van der Waals surface area (Å²) < 4.78 is 21.1. The highest BCUT2D eigenvalue weighted by atomic mass is 32.1. The highest BCUT2D eigenvalue weighted by Gasteiger charge is 2.21. The summed E-state index contributed by atoms with van der Waals surface area (Å²) in [4.78, 5) is 10.2. The first kappa shape index (κ1) is 24.7.